The van der Waals surface area contributed by atoms with Crippen molar-refractivity contribution < 1.29 is 13.2 Å². The molecule has 0 unspecified atom stereocenters. The first-order valence-electron chi connectivity index (χ1n) is 5.22. The topological polar surface area (TPSA) is 113 Å². The van der Waals surface area contributed by atoms with E-state index in [9.17, 15) is 13.2 Å². The first kappa shape index (κ1) is 14.4. The number of sulfonamides is 1. The smallest absolute Gasteiger partial charge is 0.251 e. The molecule has 0 heterocycles. The molecule has 8 heteroatoms. The van der Waals surface area contributed by atoms with Crippen LogP contribution >= 0.6 is 0 Å². The molecule has 0 radical (unpaired) electrons. The van der Waals surface area contributed by atoms with Gasteiger partial charge in [-0.2, -0.15) is 0 Å². The molecule has 1 aromatic carbocycles. The second kappa shape index (κ2) is 6.34. The monoisotopic (exact) mass is 272 g/mol. The number of benzene rings is 1. The van der Waals surface area contributed by atoms with E-state index in [1.54, 1.807) is 24.3 Å². The number of rotatable bonds is 6. The molecule has 0 atom stereocenters. The number of nitrogens with two attached hydrogens (primary N) is 1. The molecule has 100 valence electrons. The van der Waals surface area contributed by atoms with Crippen LogP contribution in [0.4, 0.5) is 5.69 Å². The lowest BCUT2D eigenvalue weighted by Gasteiger charge is -2.06. The van der Waals surface area contributed by atoms with E-state index in [4.69, 9.17) is 5.84 Å². The quantitative estimate of drug-likeness (QED) is 0.309. The van der Waals surface area contributed by atoms with E-state index < -0.39 is 10.0 Å². The van der Waals surface area contributed by atoms with Crippen molar-refractivity contribution >= 4 is 21.6 Å². The third-order valence-corrected chi connectivity index (χ3v) is 2.82. The van der Waals surface area contributed by atoms with E-state index in [-0.39, 0.29) is 19.0 Å². The summed E-state index contributed by atoms with van der Waals surface area (Å²) in [5.74, 6) is 4.93. The van der Waals surface area contributed by atoms with Crippen LogP contribution in [0.5, 0.6) is 0 Å². The molecular formula is C10H16N4O3S. The summed E-state index contributed by atoms with van der Waals surface area (Å²) in [6.45, 7) is 0.385. The lowest BCUT2D eigenvalue weighted by atomic mass is 10.2. The Morgan fingerprint density at radius 2 is 1.83 bits per heavy atom. The maximum atomic E-state index is 11.6. The summed E-state index contributed by atoms with van der Waals surface area (Å²) in [4.78, 5) is 11.6. The Morgan fingerprint density at radius 3 is 2.33 bits per heavy atom. The Morgan fingerprint density at radius 1 is 1.22 bits per heavy atom. The molecule has 0 aromatic heterocycles. The largest absolute Gasteiger partial charge is 0.351 e. The van der Waals surface area contributed by atoms with Gasteiger partial charge in [0.25, 0.3) is 5.91 Å². The highest BCUT2D eigenvalue weighted by Gasteiger charge is 2.05. The second-order valence-corrected chi connectivity index (χ2v) is 5.48. The molecule has 0 aliphatic carbocycles. The molecule has 0 aliphatic rings. The Hall–Kier alpha value is -1.64. The summed E-state index contributed by atoms with van der Waals surface area (Å²) in [5.41, 5.74) is 3.63. The van der Waals surface area contributed by atoms with E-state index in [0.29, 0.717) is 11.3 Å². The predicted octanol–water partition coefficient (Wildman–Crippen LogP) is -0.749. The fourth-order valence-corrected chi connectivity index (χ4v) is 1.71. The third-order valence-electron chi connectivity index (χ3n) is 2.09. The van der Waals surface area contributed by atoms with Crippen molar-refractivity contribution in [2.75, 3.05) is 24.8 Å². The predicted molar refractivity (Wildman–Crippen MR) is 69.4 cm³/mol. The maximum Gasteiger partial charge on any atom is 0.251 e. The minimum atomic E-state index is -3.22. The lowest BCUT2D eigenvalue weighted by Crippen LogP contribution is -2.34. The lowest BCUT2D eigenvalue weighted by molar-refractivity contribution is 0.0954. The van der Waals surface area contributed by atoms with Crippen LogP contribution in [0, 0.1) is 0 Å². The summed E-state index contributed by atoms with van der Waals surface area (Å²) in [5, 5.41) is 2.59. The van der Waals surface area contributed by atoms with Crippen LogP contribution in [0.15, 0.2) is 24.3 Å². The Labute approximate surface area is 106 Å². The summed E-state index contributed by atoms with van der Waals surface area (Å²) >= 11 is 0. The molecule has 18 heavy (non-hydrogen) atoms. The minimum absolute atomic E-state index is 0.160. The highest BCUT2D eigenvalue weighted by atomic mass is 32.2. The number of amides is 1. The van der Waals surface area contributed by atoms with E-state index in [1.807, 2.05) is 0 Å². The third kappa shape index (κ3) is 5.13. The van der Waals surface area contributed by atoms with Crippen LogP contribution in [-0.2, 0) is 10.0 Å². The van der Waals surface area contributed by atoms with Gasteiger partial charge in [-0.1, -0.05) is 0 Å². The minimum Gasteiger partial charge on any atom is -0.351 e. The van der Waals surface area contributed by atoms with Gasteiger partial charge in [-0.15, -0.1) is 0 Å². The average molecular weight is 272 g/mol. The van der Waals surface area contributed by atoms with E-state index >= 15 is 0 Å². The van der Waals surface area contributed by atoms with Crippen molar-refractivity contribution in [1.29, 1.82) is 0 Å². The Balaban J connectivity index is 2.40. The first-order chi connectivity index (χ1) is 8.42. The van der Waals surface area contributed by atoms with Crippen molar-refractivity contribution in [3.05, 3.63) is 29.8 Å². The van der Waals surface area contributed by atoms with Gasteiger partial charge in [0.1, 0.15) is 0 Å². The van der Waals surface area contributed by atoms with Crippen LogP contribution in [0.3, 0.4) is 0 Å². The number of carbonyl (C=O) groups is 1. The summed E-state index contributed by atoms with van der Waals surface area (Å²) in [7, 11) is -3.22. The first-order valence-corrected chi connectivity index (χ1v) is 7.11. The molecule has 0 saturated carbocycles. The molecule has 0 bridgehead atoms. The molecule has 0 fully saturated rings. The molecule has 0 aliphatic heterocycles. The number of carbonyl (C=O) groups excluding carboxylic acids is 1. The Kier molecular flexibility index (Phi) is 5.08. The molecule has 7 nitrogen and oxygen atoms in total. The summed E-state index contributed by atoms with van der Waals surface area (Å²) in [6.07, 6.45) is 1.06. The van der Waals surface area contributed by atoms with Gasteiger partial charge >= 0.3 is 0 Å². The van der Waals surface area contributed by atoms with Gasteiger partial charge in [0.05, 0.1) is 6.26 Å². The number of hydrazine groups is 1. The fourth-order valence-electron chi connectivity index (χ4n) is 1.23. The van der Waals surface area contributed by atoms with Gasteiger partial charge in [-0.3, -0.25) is 10.6 Å². The fraction of sp³-hybridized carbons (Fsp3) is 0.300. The number of anilines is 1. The van der Waals surface area contributed by atoms with Crippen LogP contribution in [-0.4, -0.2) is 33.7 Å². The van der Waals surface area contributed by atoms with Gasteiger partial charge in [0.2, 0.25) is 10.0 Å². The number of nitrogens with one attached hydrogen (secondary N) is 3. The van der Waals surface area contributed by atoms with Crippen molar-refractivity contribution in [3.63, 3.8) is 0 Å². The van der Waals surface area contributed by atoms with E-state index in [0.717, 1.165) is 6.26 Å². The van der Waals surface area contributed by atoms with Crippen LogP contribution in [0.25, 0.3) is 0 Å². The van der Waals surface area contributed by atoms with Crippen LogP contribution < -0.4 is 21.3 Å². The number of hydrogen-bond acceptors (Lipinski definition) is 5. The van der Waals surface area contributed by atoms with Crippen LogP contribution in [0.2, 0.25) is 0 Å². The summed E-state index contributed by atoms with van der Waals surface area (Å²) in [6, 6.07) is 6.58. The molecule has 1 amide bonds. The number of nitrogen functional groups attached to an aromatic ring is 1. The molecule has 5 N–H and O–H groups in total. The van der Waals surface area contributed by atoms with E-state index in [1.165, 1.54) is 0 Å². The standard InChI is InChI=1S/C10H16N4O3S/c1-18(16,17)13-7-6-12-10(15)8-2-4-9(14-11)5-3-8/h2-5,13-14H,6-7,11H2,1H3,(H,12,15). The molecule has 1 rings (SSSR count). The molecule has 0 spiro atoms. The zero-order valence-electron chi connectivity index (χ0n) is 9.93. The van der Waals surface area contributed by atoms with Gasteiger partial charge in [-0.05, 0) is 24.3 Å². The van der Waals surface area contributed by atoms with Gasteiger partial charge in [-0.25, -0.2) is 13.1 Å². The number of hydrogen-bond donors (Lipinski definition) is 4. The van der Waals surface area contributed by atoms with Gasteiger partial charge < -0.3 is 10.7 Å². The van der Waals surface area contributed by atoms with Crippen molar-refractivity contribution in [2.24, 2.45) is 5.84 Å². The molecule has 0 saturated heterocycles. The van der Waals surface area contributed by atoms with Gasteiger partial charge in [0.15, 0.2) is 0 Å². The average Bonchev–Trinajstić information content (AvgIpc) is 2.33. The highest BCUT2D eigenvalue weighted by molar-refractivity contribution is 7.88. The van der Waals surface area contributed by atoms with E-state index in [2.05, 4.69) is 15.5 Å². The zero-order valence-corrected chi connectivity index (χ0v) is 10.8. The summed E-state index contributed by atoms with van der Waals surface area (Å²) < 4.78 is 23.8. The SMILES string of the molecule is CS(=O)(=O)NCCNC(=O)c1ccc(NN)cc1. The molecular weight excluding hydrogens is 256 g/mol. The van der Waals surface area contributed by atoms with Crippen LogP contribution in [0.1, 0.15) is 10.4 Å². The van der Waals surface area contributed by atoms with Crippen molar-refractivity contribution in [3.8, 4) is 0 Å². The normalized spacial score (nSPS) is 11.0. The molecule has 1 aromatic rings. The highest BCUT2D eigenvalue weighted by Crippen LogP contribution is 2.07. The maximum absolute atomic E-state index is 11.6. The van der Waals surface area contributed by atoms with Crippen molar-refractivity contribution in [2.45, 2.75) is 0 Å². The Bertz CT molecular complexity index is 498. The zero-order chi connectivity index (χ0) is 13.6. The van der Waals surface area contributed by atoms with Crippen molar-refractivity contribution in [1.82, 2.24) is 10.0 Å². The second-order valence-electron chi connectivity index (χ2n) is 3.64. The van der Waals surface area contributed by atoms with Gasteiger partial charge in [0, 0.05) is 24.3 Å².